The fourth-order valence-electron chi connectivity index (χ4n) is 2.65. The second kappa shape index (κ2) is 11.3. The quantitative estimate of drug-likeness (QED) is 0.349. The maximum Gasteiger partial charge on any atom is 0.306 e. The topological polar surface area (TPSA) is 69.7 Å². The molecule has 0 fully saturated rings. The Labute approximate surface area is 163 Å². The lowest BCUT2D eigenvalue weighted by molar-refractivity contribution is -0.147. The average molecular weight is 391 g/mol. The fraction of sp³-hybridized carbons (Fsp3) is 0.429. The van der Waals surface area contributed by atoms with Crippen LogP contribution in [-0.2, 0) is 29.9 Å². The summed E-state index contributed by atoms with van der Waals surface area (Å²) in [4.78, 5) is 24.4. The van der Waals surface area contributed by atoms with E-state index in [0.29, 0.717) is 12.2 Å². The summed E-state index contributed by atoms with van der Waals surface area (Å²) in [6, 6.07) is 7.52. The van der Waals surface area contributed by atoms with E-state index in [9.17, 15) is 13.8 Å². The van der Waals surface area contributed by atoms with E-state index in [1.165, 1.54) is 14.2 Å². The van der Waals surface area contributed by atoms with E-state index in [1.807, 2.05) is 37.3 Å². The normalized spacial score (nSPS) is 12.4. The van der Waals surface area contributed by atoms with E-state index in [2.05, 4.69) is 5.92 Å². The van der Waals surface area contributed by atoms with Crippen molar-refractivity contribution >= 4 is 22.7 Å². The largest absolute Gasteiger partial charge is 0.469 e. The molecule has 1 atom stereocenters. The second-order valence-electron chi connectivity index (χ2n) is 6.39. The highest BCUT2D eigenvalue weighted by Gasteiger charge is 2.34. The Morgan fingerprint density at radius 1 is 1.11 bits per heavy atom. The number of methoxy groups -OCH3 is 2. The lowest BCUT2D eigenvalue weighted by Gasteiger charge is -2.28. The van der Waals surface area contributed by atoms with Gasteiger partial charge >= 0.3 is 11.9 Å². The van der Waals surface area contributed by atoms with Crippen LogP contribution in [-0.4, -0.2) is 36.1 Å². The predicted molar refractivity (Wildman–Crippen MR) is 105 cm³/mol. The summed E-state index contributed by atoms with van der Waals surface area (Å²) in [5, 5.41) is 0. The molecule has 0 N–H and O–H groups in total. The molecule has 0 saturated carbocycles. The summed E-state index contributed by atoms with van der Waals surface area (Å²) in [6.45, 7) is 1.97. The van der Waals surface area contributed by atoms with Crippen LogP contribution >= 0.6 is 0 Å². The third-order valence-corrected chi connectivity index (χ3v) is 5.51. The molecule has 0 bridgehead atoms. The molecule has 146 valence electrons. The number of aryl methyl sites for hydroxylation is 1. The third kappa shape index (κ3) is 7.79. The van der Waals surface area contributed by atoms with Gasteiger partial charge in [0.15, 0.2) is 0 Å². The van der Waals surface area contributed by atoms with Crippen molar-refractivity contribution in [3.63, 3.8) is 0 Å². The summed E-state index contributed by atoms with van der Waals surface area (Å²) < 4.78 is 21.8. The maximum absolute atomic E-state index is 12.3. The number of carbonyl (C=O) groups excluding carboxylic acids is 2. The first-order valence-electron chi connectivity index (χ1n) is 8.53. The van der Waals surface area contributed by atoms with Crippen LogP contribution in [0.4, 0.5) is 0 Å². The van der Waals surface area contributed by atoms with Crippen LogP contribution in [0.5, 0.6) is 0 Å². The highest BCUT2D eigenvalue weighted by Crippen LogP contribution is 2.36. The fourth-order valence-corrected chi connectivity index (χ4v) is 3.60. The van der Waals surface area contributed by atoms with E-state index in [1.54, 1.807) is 6.08 Å². The van der Waals surface area contributed by atoms with Crippen molar-refractivity contribution in [1.29, 1.82) is 0 Å². The van der Waals surface area contributed by atoms with E-state index >= 15 is 0 Å². The molecule has 0 spiro atoms. The van der Waals surface area contributed by atoms with Gasteiger partial charge in [0.25, 0.3) is 0 Å². The molecule has 0 radical (unpaired) electrons. The smallest absolute Gasteiger partial charge is 0.306 e. The lowest BCUT2D eigenvalue weighted by Crippen LogP contribution is -2.28. The molecular weight excluding hydrogens is 364 g/mol. The van der Waals surface area contributed by atoms with Crippen LogP contribution < -0.4 is 0 Å². The van der Waals surface area contributed by atoms with Gasteiger partial charge in [0.05, 0.1) is 37.9 Å². The monoisotopic (exact) mass is 390 g/mol. The van der Waals surface area contributed by atoms with Gasteiger partial charge in [0.2, 0.25) is 0 Å². The van der Waals surface area contributed by atoms with Crippen molar-refractivity contribution < 1.29 is 23.3 Å². The van der Waals surface area contributed by atoms with Gasteiger partial charge in [-0.15, -0.1) is 12.3 Å². The van der Waals surface area contributed by atoms with Gasteiger partial charge in [0.1, 0.15) is 0 Å². The minimum atomic E-state index is -1.16. The molecule has 0 aliphatic rings. The van der Waals surface area contributed by atoms with Gasteiger partial charge in [-0.3, -0.25) is 13.8 Å². The van der Waals surface area contributed by atoms with Crippen LogP contribution in [0.25, 0.3) is 0 Å². The summed E-state index contributed by atoms with van der Waals surface area (Å²) in [5.74, 6) is 2.00. The lowest BCUT2D eigenvalue weighted by atomic mass is 9.75. The van der Waals surface area contributed by atoms with Crippen molar-refractivity contribution in [2.24, 2.45) is 5.41 Å². The number of benzene rings is 1. The number of terminal acetylenes is 1. The SMILES string of the molecule is C#CCC(C/C=C/CS(=O)c1ccc(C)cc1)(CC(=O)OC)CC(=O)OC. The first-order valence-corrected chi connectivity index (χ1v) is 9.85. The number of ether oxygens (including phenoxy) is 2. The van der Waals surface area contributed by atoms with Gasteiger partial charge < -0.3 is 9.47 Å². The molecule has 0 amide bonds. The molecule has 1 aromatic rings. The summed E-state index contributed by atoms with van der Waals surface area (Å²) >= 11 is 0. The summed E-state index contributed by atoms with van der Waals surface area (Å²) in [6.07, 6.45) is 9.69. The minimum Gasteiger partial charge on any atom is -0.469 e. The second-order valence-corrected chi connectivity index (χ2v) is 7.88. The van der Waals surface area contributed by atoms with Crippen LogP contribution in [0.15, 0.2) is 41.3 Å². The highest BCUT2D eigenvalue weighted by atomic mass is 32.2. The van der Waals surface area contributed by atoms with Gasteiger partial charge in [-0.1, -0.05) is 29.8 Å². The molecule has 1 rings (SSSR count). The minimum absolute atomic E-state index is 0.00813. The molecule has 1 unspecified atom stereocenters. The van der Waals surface area contributed by atoms with Crippen molar-refractivity contribution in [3.8, 4) is 12.3 Å². The Morgan fingerprint density at radius 3 is 2.15 bits per heavy atom. The van der Waals surface area contributed by atoms with E-state index in [0.717, 1.165) is 10.5 Å². The first-order chi connectivity index (χ1) is 12.9. The Hall–Kier alpha value is -2.39. The zero-order valence-corrected chi connectivity index (χ0v) is 16.8. The standard InChI is InChI=1S/C21H26O5S/c1-5-12-21(15-19(22)25-3,16-20(23)26-4)13-6-7-14-27(24)18-10-8-17(2)9-11-18/h1,6-11H,12-16H2,2-4H3/b7-6+. The molecule has 0 aliphatic heterocycles. The summed E-state index contributed by atoms with van der Waals surface area (Å²) in [5.41, 5.74) is 0.326. The van der Waals surface area contributed by atoms with E-state index < -0.39 is 28.2 Å². The first kappa shape index (κ1) is 22.7. The zero-order chi connectivity index (χ0) is 20.3. The Bertz CT molecular complexity index is 710. The molecule has 0 saturated heterocycles. The number of allylic oxidation sites excluding steroid dienone is 1. The van der Waals surface area contributed by atoms with Crippen LogP contribution in [0.3, 0.4) is 0 Å². The average Bonchev–Trinajstić information content (AvgIpc) is 2.65. The number of hydrogen-bond acceptors (Lipinski definition) is 5. The zero-order valence-electron chi connectivity index (χ0n) is 16.0. The van der Waals surface area contributed by atoms with Crippen molar-refractivity contribution in [1.82, 2.24) is 0 Å². The van der Waals surface area contributed by atoms with E-state index in [-0.39, 0.29) is 19.3 Å². The molecule has 0 aromatic heterocycles. The number of hydrogen-bond donors (Lipinski definition) is 0. The Kier molecular flexibility index (Phi) is 9.52. The predicted octanol–water partition coefficient (Wildman–Crippen LogP) is 3.18. The Balaban J connectivity index is 2.83. The maximum atomic E-state index is 12.3. The Morgan fingerprint density at radius 2 is 1.67 bits per heavy atom. The van der Waals surface area contributed by atoms with Gasteiger partial charge in [-0.25, -0.2) is 0 Å². The highest BCUT2D eigenvalue weighted by molar-refractivity contribution is 7.85. The van der Waals surface area contributed by atoms with Crippen molar-refractivity contribution in [2.75, 3.05) is 20.0 Å². The number of esters is 2. The van der Waals surface area contributed by atoms with Crippen LogP contribution in [0.1, 0.15) is 31.2 Å². The number of carbonyl (C=O) groups is 2. The molecule has 6 heteroatoms. The van der Waals surface area contributed by atoms with Crippen molar-refractivity contribution in [3.05, 3.63) is 42.0 Å². The van der Waals surface area contributed by atoms with Crippen LogP contribution in [0.2, 0.25) is 0 Å². The van der Waals surface area contributed by atoms with Gasteiger partial charge in [-0.05, 0) is 25.5 Å². The van der Waals surface area contributed by atoms with Crippen LogP contribution in [0, 0.1) is 24.7 Å². The van der Waals surface area contributed by atoms with E-state index in [4.69, 9.17) is 15.9 Å². The molecule has 5 nitrogen and oxygen atoms in total. The van der Waals surface area contributed by atoms with Crippen molar-refractivity contribution in [2.45, 2.75) is 37.5 Å². The molecule has 0 heterocycles. The number of rotatable bonds is 10. The van der Waals surface area contributed by atoms with Gasteiger partial charge in [0, 0.05) is 22.5 Å². The third-order valence-electron chi connectivity index (χ3n) is 4.22. The van der Waals surface area contributed by atoms with Gasteiger partial charge in [-0.2, -0.15) is 0 Å². The molecule has 0 aliphatic carbocycles. The summed E-state index contributed by atoms with van der Waals surface area (Å²) in [7, 11) is 1.43. The molecular formula is C21H26O5S. The molecule has 27 heavy (non-hydrogen) atoms. The molecule has 1 aromatic carbocycles.